The summed E-state index contributed by atoms with van der Waals surface area (Å²) < 4.78 is 1.83. The highest BCUT2D eigenvalue weighted by atomic mass is 32.2. The largest absolute Gasteiger partial charge is 0.328 e. The minimum Gasteiger partial charge on any atom is -0.328 e. The van der Waals surface area contributed by atoms with E-state index in [1.165, 1.54) is 23.9 Å². The first-order valence-electron chi connectivity index (χ1n) is 11.1. The highest BCUT2D eigenvalue weighted by Crippen LogP contribution is 2.46. The van der Waals surface area contributed by atoms with Crippen molar-refractivity contribution >= 4 is 29.2 Å². The predicted octanol–water partition coefficient (Wildman–Crippen LogP) is 5.45. The van der Waals surface area contributed by atoms with Crippen molar-refractivity contribution in [1.82, 2.24) is 14.8 Å². The second kappa shape index (κ2) is 8.39. The van der Waals surface area contributed by atoms with Gasteiger partial charge in [-0.15, -0.1) is 5.10 Å². The number of carbonyl (C=O) groups is 1. The zero-order valence-corrected chi connectivity index (χ0v) is 20.1. The van der Waals surface area contributed by atoms with E-state index < -0.39 is 4.92 Å². The van der Waals surface area contributed by atoms with E-state index in [9.17, 15) is 14.9 Å². The number of hydrogen-bond acceptors (Lipinski definition) is 7. The molecule has 0 fully saturated rings. The Balaban J connectivity index is 1.49. The fourth-order valence-electron chi connectivity index (χ4n) is 4.69. The van der Waals surface area contributed by atoms with Gasteiger partial charge in [-0.3, -0.25) is 14.9 Å². The molecule has 1 aliphatic heterocycles. The number of fused-ring (bicyclic) bond motifs is 1. The van der Waals surface area contributed by atoms with Gasteiger partial charge in [0.15, 0.2) is 5.78 Å². The van der Waals surface area contributed by atoms with Crippen LogP contribution in [0, 0.1) is 22.5 Å². The summed E-state index contributed by atoms with van der Waals surface area (Å²) in [5, 5.41) is 19.7. The van der Waals surface area contributed by atoms with Crippen LogP contribution in [0.15, 0.2) is 65.0 Å². The minimum absolute atomic E-state index is 0.0684. The Bertz CT molecular complexity index is 1330. The summed E-state index contributed by atoms with van der Waals surface area (Å²) in [4.78, 5) is 28.5. The summed E-state index contributed by atoms with van der Waals surface area (Å²) in [7, 11) is 0. The summed E-state index contributed by atoms with van der Waals surface area (Å²) in [5.74, 6) is 1.35. The van der Waals surface area contributed by atoms with Crippen molar-refractivity contribution in [3.05, 3.63) is 86.6 Å². The number of aryl methyl sites for hydroxylation is 1. The van der Waals surface area contributed by atoms with E-state index in [-0.39, 0.29) is 22.9 Å². The Labute approximate surface area is 201 Å². The van der Waals surface area contributed by atoms with Crippen LogP contribution in [-0.2, 0) is 10.5 Å². The molecule has 2 aromatic carbocycles. The molecule has 8 nitrogen and oxygen atoms in total. The molecule has 34 heavy (non-hydrogen) atoms. The van der Waals surface area contributed by atoms with Crippen LogP contribution >= 0.6 is 11.8 Å². The lowest BCUT2D eigenvalue weighted by molar-refractivity contribution is -0.384. The topological polar surface area (TPSA) is 103 Å². The van der Waals surface area contributed by atoms with Crippen LogP contribution in [0.4, 0.5) is 11.6 Å². The number of ketones is 1. The van der Waals surface area contributed by atoms with Crippen LogP contribution in [0.1, 0.15) is 49.4 Å². The minimum atomic E-state index is -0.406. The number of nitrogens with one attached hydrogen (secondary N) is 1. The lowest BCUT2D eigenvalue weighted by Gasteiger charge is -2.38. The third-order valence-electron chi connectivity index (χ3n) is 6.31. The number of Topliss-reactive ketones (excluding diaryl/α,β-unsaturated/α-hetero) is 1. The number of aromatic nitrogens is 3. The van der Waals surface area contributed by atoms with Gasteiger partial charge in [0.1, 0.15) is 6.04 Å². The summed E-state index contributed by atoms with van der Waals surface area (Å²) in [6, 6.07) is 14.3. The summed E-state index contributed by atoms with van der Waals surface area (Å²) in [6.07, 6.45) is 1.27. The highest BCUT2D eigenvalue weighted by Gasteiger charge is 2.42. The van der Waals surface area contributed by atoms with Crippen molar-refractivity contribution in [2.45, 2.75) is 50.6 Å². The third kappa shape index (κ3) is 4.11. The van der Waals surface area contributed by atoms with Gasteiger partial charge in [-0.2, -0.15) is 4.98 Å². The lowest BCUT2D eigenvalue weighted by atomic mass is 9.73. The number of thioether (sulfide) groups is 1. The van der Waals surface area contributed by atoms with Crippen LogP contribution < -0.4 is 5.32 Å². The molecule has 0 bridgehead atoms. The zero-order chi connectivity index (χ0) is 24.0. The van der Waals surface area contributed by atoms with Gasteiger partial charge < -0.3 is 5.32 Å². The average Bonchev–Trinajstić information content (AvgIpc) is 3.19. The maximum atomic E-state index is 13.3. The van der Waals surface area contributed by atoms with Crippen molar-refractivity contribution in [2.24, 2.45) is 5.41 Å². The van der Waals surface area contributed by atoms with E-state index in [1.54, 1.807) is 12.1 Å². The van der Waals surface area contributed by atoms with Crippen molar-refractivity contribution < 1.29 is 9.72 Å². The fourth-order valence-corrected chi connectivity index (χ4v) is 5.48. The van der Waals surface area contributed by atoms with Crippen LogP contribution in [-0.4, -0.2) is 25.5 Å². The second-order valence-electron chi connectivity index (χ2n) is 9.59. The predicted molar refractivity (Wildman–Crippen MR) is 131 cm³/mol. The molecule has 0 spiro atoms. The Morgan fingerprint density at radius 3 is 2.62 bits per heavy atom. The van der Waals surface area contributed by atoms with E-state index in [1.807, 2.05) is 16.8 Å². The smallest absolute Gasteiger partial charge is 0.269 e. The van der Waals surface area contributed by atoms with E-state index in [4.69, 9.17) is 10.1 Å². The molecule has 2 aliphatic rings. The number of nitro benzene ring substituents is 1. The fraction of sp³-hybridized carbons (Fsp3) is 0.320. The molecule has 9 heteroatoms. The number of hydrogen-bond donors (Lipinski definition) is 1. The molecule has 5 rings (SSSR count). The van der Waals surface area contributed by atoms with Gasteiger partial charge in [-0.05, 0) is 35.4 Å². The number of anilines is 1. The number of carbonyl (C=O) groups excluding carboxylic acids is 1. The van der Waals surface area contributed by atoms with Gasteiger partial charge in [0, 0.05) is 35.6 Å². The molecular formula is C25H25N5O3S. The van der Waals surface area contributed by atoms with Gasteiger partial charge in [-0.1, -0.05) is 62.0 Å². The van der Waals surface area contributed by atoms with Crippen molar-refractivity contribution in [3.63, 3.8) is 0 Å². The molecule has 1 aliphatic carbocycles. The van der Waals surface area contributed by atoms with E-state index >= 15 is 0 Å². The second-order valence-corrected chi connectivity index (χ2v) is 10.5. The van der Waals surface area contributed by atoms with Crippen LogP contribution in [0.2, 0.25) is 0 Å². The van der Waals surface area contributed by atoms with Gasteiger partial charge >= 0.3 is 0 Å². The molecule has 0 saturated carbocycles. The summed E-state index contributed by atoms with van der Waals surface area (Å²) in [5.41, 5.74) is 4.75. The molecular weight excluding hydrogens is 450 g/mol. The Morgan fingerprint density at radius 1 is 1.18 bits per heavy atom. The molecule has 2 heterocycles. The standard InChI is InChI=1S/C25H25N5O3S/c1-15-6-4-5-7-18(15)22-21-19(12-25(2,3)13-20(21)31)26-23-27-24(28-29(22)23)34-14-16-8-10-17(11-9-16)30(32)33/h4-11,22H,12-14H2,1-3H3,(H,26,27,28)/t22-/m1/s1. The Morgan fingerprint density at radius 2 is 1.91 bits per heavy atom. The van der Waals surface area contributed by atoms with Crippen molar-refractivity contribution in [1.29, 1.82) is 0 Å². The quantitative estimate of drug-likeness (QED) is 0.297. The Hall–Kier alpha value is -3.46. The Kier molecular flexibility index (Phi) is 5.51. The average molecular weight is 476 g/mol. The normalized spacial score (nSPS) is 18.8. The molecule has 1 atom stereocenters. The third-order valence-corrected chi connectivity index (χ3v) is 7.22. The number of nitrogens with zero attached hydrogens (tertiary/aromatic N) is 4. The molecule has 0 unspecified atom stereocenters. The maximum Gasteiger partial charge on any atom is 0.269 e. The summed E-state index contributed by atoms with van der Waals surface area (Å²) >= 11 is 1.46. The highest BCUT2D eigenvalue weighted by molar-refractivity contribution is 7.98. The molecule has 1 aromatic heterocycles. The molecule has 1 N–H and O–H groups in total. The van der Waals surface area contributed by atoms with Gasteiger partial charge in [0.25, 0.3) is 5.69 Å². The van der Waals surface area contributed by atoms with Crippen molar-refractivity contribution in [3.8, 4) is 0 Å². The maximum absolute atomic E-state index is 13.3. The summed E-state index contributed by atoms with van der Waals surface area (Å²) in [6.45, 7) is 6.28. The van der Waals surface area contributed by atoms with Gasteiger partial charge in [0.05, 0.1) is 4.92 Å². The van der Waals surface area contributed by atoms with Crippen LogP contribution in [0.5, 0.6) is 0 Å². The van der Waals surface area contributed by atoms with Crippen molar-refractivity contribution in [2.75, 3.05) is 5.32 Å². The zero-order valence-electron chi connectivity index (χ0n) is 19.2. The molecule has 174 valence electrons. The number of rotatable bonds is 5. The van der Waals surface area contributed by atoms with E-state index in [0.29, 0.717) is 23.3 Å². The number of non-ortho nitro benzene ring substituents is 1. The first-order chi connectivity index (χ1) is 16.2. The molecule has 0 amide bonds. The van der Waals surface area contributed by atoms with E-state index in [2.05, 4.69) is 38.2 Å². The van der Waals surface area contributed by atoms with E-state index in [0.717, 1.165) is 34.4 Å². The molecule has 0 saturated heterocycles. The lowest BCUT2D eigenvalue weighted by Crippen LogP contribution is -2.36. The molecule has 0 radical (unpaired) electrons. The first-order valence-corrected chi connectivity index (χ1v) is 12.1. The molecule has 3 aromatic rings. The van der Waals surface area contributed by atoms with Crippen LogP contribution in [0.3, 0.4) is 0 Å². The first kappa shape index (κ1) is 22.3. The van der Waals surface area contributed by atoms with Gasteiger partial charge in [-0.25, -0.2) is 4.68 Å². The number of benzene rings is 2. The SMILES string of the molecule is Cc1ccccc1[C@@H]1C2=C(CC(C)(C)CC2=O)Nc2nc(SCc3ccc([N+](=O)[O-])cc3)nn21. The number of nitro groups is 1. The van der Waals surface area contributed by atoms with Gasteiger partial charge in [0.2, 0.25) is 11.1 Å². The number of allylic oxidation sites excluding steroid dienone is 2. The monoisotopic (exact) mass is 475 g/mol. The van der Waals surface area contributed by atoms with Crippen LogP contribution in [0.25, 0.3) is 0 Å².